The first-order valence-corrected chi connectivity index (χ1v) is 11.9. The molecule has 5 rings (SSSR count). The van der Waals surface area contributed by atoms with Crippen LogP contribution in [0.5, 0.6) is 0 Å². The first-order chi connectivity index (χ1) is 15.4. The maximum atomic E-state index is 5.02. The van der Waals surface area contributed by atoms with E-state index in [0.29, 0.717) is 17.9 Å². The number of hydrogen-bond acceptors (Lipinski definition) is 3. The van der Waals surface area contributed by atoms with E-state index >= 15 is 0 Å². The number of benzene rings is 3. The van der Waals surface area contributed by atoms with Gasteiger partial charge in [-0.25, -0.2) is 0 Å². The second-order valence-corrected chi connectivity index (χ2v) is 9.92. The smallest absolute Gasteiger partial charge is 0.162 e. The number of para-hydroxylation sites is 1. The van der Waals surface area contributed by atoms with Crippen LogP contribution < -0.4 is 4.90 Å². The molecule has 3 aromatic carbocycles. The number of amidine groups is 1. The number of rotatable bonds is 4. The highest BCUT2D eigenvalue weighted by Gasteiger charge is 2.34. The lowest BCUT2D eigenvalue weighted by molar-refractivity contribution is 0.258. The molecule has 2 heterocycles. The molecule has 0 saturated carbocycles. The van der Waals surface area contributed by atoms with Gasteiger partial charge in [-0.05, 0) is 71.7 Å². The molecule has 0 N–H and O–H groups in total. The lowest BCUT2D eigenvalue weighted by Crippen LogP contribution is -2.35. The van der Waals surface area contributed by atoms with Crippen molar-refractivity contribution in [3.8, 4) is 22.3 Å². The second-order valence-electron chi connectivity index (χ2n) is 9.92. The molecule has 0 aliphatic carbocycles. The van der Waals surface area contributed by atoms with Crippen LogP contribution in [0.25, 0.3) is 22.3 Å². The van der Waals surface area contributed by atoms with Crippen molar-refractivity contribution in [2.45, 2.75) is 59.4 Å². The van der Waals surface area contributed by atoms with Crippen molar-refractivity contribution in [3.05, 3.63) is 77.4 Å². The van der Waals surface area contributed by atoms with Gasteiger partial charge in [0.05, 0.1) is 5.69 Å². The standard InChI is InChI=1S/C29H33N3/c1-18(2)22-11-9-12-23(19(3)4)28(22)21-14-15-25-26(16-21)24-10-7-8-13-27(24)31-17-32(20(5)6)30-29(25)31/h7-16,18-20H,17H2,1-6H3. The molecular formula is C29H33N3. The highest BCUT2D eigenvalue weighted by Crippen LogP contribution is 2.44. The molecule has 0 bridgehead atoms. The summed E-state index contributed by atoms with van der Waals surface area (Å²) < 4.78 is 0. The summed E-state index contributed by atoms with van der Waals surface area (Å²) in [6.45, 7) is 14.4. The molecule has 0 unspecified atom stereocenters. The van der Waals surface area contributed by atoms with E-state index in [9.17, 15) is 0 Å². The molecule has 0 radical (unpaired) electrons. The Kier molecular flexibility index (Phi) is 5.08. The van der Waals surface area contributed by atoms with Gasteiger partial charge in [0.2, 0.25) is 0 Å². The van der Waals surface area contributed by atoms with Gasteiger partial charge in [-0.3, -0.25) is 5.01 Å². The quantitative estimate of drug-likeness (QED) is 0.434. The zero-order valence-corrected chi connectivity index (χ0v) is 20.1. The molecular weight excluding hydrogens is 390 g/mol. The average Bonchev–Trinajstić information content (AvgIpc) is 3.24. The fourth-order valence-electron chi connectivity index (χ4n) is 5.03. The van der Waals surface area contributed by atoms with Crippen molar-refractivity contribution in [1.29, 1.82) is 0 Å². The zero-order valence-electron chi connectivity index (χ0n) is 20.1. The van der Waals surface area contributed by atoms with Gasteiger partial charge >= 0.3 is 0 Å². The van der Waals surface area contributed by atoms with Gasteiger partial charge in [0.25, 0.3) is 0 Å². The average molecular weight is 424 g/mol. The van der Waals surface area contributed by atoms with Crippen LogP contribution in [0.1, 0.15) is 70.1 Å². The van der Waals surface area contributed by atoms with E-state index in [0.717, 1.165) is 12.5 Å². The lowest BCUT2D eigenvalue weighted by Gasteiger charge is -2.30. The molecule has 0 aromatic heterocycles. The van der Waals surface area contributed by atoms with Crippen molar-refractivity contribution in [3.63, 3.8) is 0 Å². The summed E-state index contributed by atoms with van der Waals surface area (Å²) in [6.07, 6.45) is 0. The van der Waals surface area contributed by atoms with Crippen LogP contribution in [0.15, 0.2) is 65.8 Å². The number of hydrazone groups is 1. The maximum absolute atomic E-state index is 5.02. The van der Waals surface area contributed by atoms with Gasteiger partial charge in [-0.2, -0.15) is 5.10 Å². The molecule has 3 nitrogen and oxygen atoms in total. The van der Waals surface area contributed by atoms with E-state index in [-0.39, 0.29) is 0 Å². The molecule has 0 spiro atoms. The van der Waals surface area contributed by atoms with Crippen molar-refractivity contribution in [1.82, 2.24) is 5.01 Å². The summed E-state index contributed by atoms with van der Waals surface area (Å²) in [4.78, 5) is 2.36. The first kappa shape index (κ1) is 20.8. The van der Waals surface area contributed by atoms with Crippen molar-refractivity contribution in [2.75, 3.05) is 11.6 Å². The number of nitrogens with zero attached hydrogens (tertiary/aromatic N) is 3. The third-order valence-corrected chi connectivity index (χ3v) is 6.77. The Morgan fingerprint density at radius 3 is 2.06 bits per heavy atom. The molecule has 0 saturated heterocycles. The Hall–Kier alpha value is -3.07. The van der Waals surface area contributed by atoms with Crippen LogP contribution in [0.2, 0.25) is 0 Å². The maximum Gasteiger partial charge on any atom is 0.162 e. The van der Waals surface area contributed by atoms with Crippen LogP contribution in [-0.2, 0) is 0 Å². The van der Waals surface area contributed by atoms with E-state index in [4.69, 9.17) is 5.10 Å². The topological polar surface area (TPSA) is 18.8 Å². The van der Waals surface area contributed by atoms with Crippen molar-refractivity contribution < 1.29 is 0 Å². The van der Waals surface area contributed by atoms with Crippen molar-refractivity contribution in [2.24, 2.45) is 5.10 Å². The Balaban J connectivity index is 1.74. The Morgan fingerprint density at radius 1 is 0.719 bits per heavy atom. The van der Waals surface area contributed by atoms with Crippen LogP contribution in [0.3, 0.4) is 0 Å². The number of hydrogen-bond donors (Lipinski definition) is 0. The highest BCUT2D eigenvalue weighted by molar-refractivity contribution is 6.19. The largest absolute Gasteiger partial charge is 0.304 e. The van der Waals surface area contributed by atoms with Crippen LogP contribution in [0.4, 0.5) is 5.69 Å². The van der Waals surface area contributed by atoms with Crippen LogP contribution in [0, 0.1) is 0 Å². The number of fused-ring (bicyclic) bond motifs is 6. The predicted octanol–water partition coefficient (Wildman–Crippen LogP) is 7.43. The van der Waals surface area contributed by atoms with E-state index < -0.39 is 0 Å². The van der Waals surface area contributed by atoms with Gasteiger partial charge in [-0.15, -0.1) is 0 Å². The zero-order chi connectivity index (χ0) is 22.6. The van der Waals surface area contributed by atoms with Gasteiger partial charge in [0.1, 0.15) is 6.67 Å². The normalized spacial score (nSPS) is 14.7. The van der Waals surface area contributed by atoms with Gasteiger partial charge < -0.3 is 4.90 Å². The van der Waals surface area contributed by atoms with E-state index in [1.807, 2.05) is 0 Å². The Labute approximate surface area is 192 Å². The van der Waals surface area contributed by atoms with Crippen LogP contribution >= 0.6 is 0 Å². The monoisotopic (exact) mass is 423 g/mol. The first-order valence-electron chi connectivity index (χ1n) is 11.9. The summed E-state index contributed by atoms with van der Waals surface area (Å²) in [6, 6.07) is 22.9. The molecule has 2 aliphatic heterocycles. The molecule has 2 aliphatic rings. The summed E-state index contributed by atoms with van der Waals surface area (Å²) >= 11 is 0. The summed E-state index contributed by atoms with van der Waals surface area (Å²) in [5, 5.41) is 7.20. The molecule has 0 amide bonds. The highest BCUT2D eigenvalue weighted by atomic mass is 15.6. The van der Waals surface area contributed by atoms with E-state index in [1.54, 1.807) is 0 Å². The third-order valence-electron chi connectivity index (χ3n) is 6.77. The van der Waals surface area contributed by atoms with E-state index in [1.165, 1.54) is 44.6 Å². The van der Waals surface area contributed by atoms with Gasteiger partial charge in [0.15, 0.2) is 5.84 Å². The summed E-state index contributed by atoms with van der Waals surface area (Å²) in [7, 11) is 0. The van der Waals surface area contributed by atoms with Crippen molar-refractivity contribution >= 4 is 11.5 Å². The minimum Gasteiger partial charge on any atom is -0.304 e. The second kappa shape index (κ2) is 7.81. The summed E-state index contributed by atoms with van der Waals surface area (Å²) in [5.41, 5.74) is 10.6. The van der Waals surface area contributed by atoms with Gasteiger partial charge in [0, 0.05) is 17.2 Å². The Morgan fingerprint density at radius 2 is 1.41 bits per heavy atom. The molecule has 164 valence electrons. The molecule has 0 fully saturated rings. The van der Waals surface area contributed by atoms with Gasteiger partial charge in [-0.1, -0.05) is 70.2 Å². The lowest BCUT2D eigenvalue weighted by atomic mass is 9.83. The Bertz CT molecular complexity index is 1180. The molecule has 3 heteroatoms. The molecule has 3 aromatic rings. The minimum atomic E-state index is 0.370. The minimum absolute atomic E-state index is 0.370. The SMILES string of the molecule is CC(C)c1cccc(C(C)C)c1-c1ccc2c(c1)-c1ccccc1N1CN(C(C)C)N=C21. The third kappa shape index (κ3) is 3.23. The fourth-order valence-corrected chi connectivity index (χ4v) is 5.03. The summed E-state index contributed by atoms with van der Waals surface area (Å²) in [5.74, 6) is 2.02. The molecule has 32 heavy (non-hydrogen) atoms. The number of anilines is 1. The predicted molar refractivity (Wildman–Crippen MR) is 136 cm³/mol. The van der Waals surface area contributed by atoms with Crippen LogP contribution in [-0.4, -0.2) is 23.6 Å². The fraction of sp³-hybridized carbons (Fsp3) is 0.345. The molecule has 0 atom stereocenters. The van der Waals surface area contributed by atoms with E-state index in [2.05, 4.69) is 112 Å².